The van der Waals surface area contributed by atoms with Crippen LogP contribution in [0, 0.1) is 0 Å². The van der Waals surface area contributed by atoms with Gasteiger partial charge in [0.2, 0.25) is 0 Å². The fourth-order valence-corrected chi connectivity index (χ4v) is 5.39. The van der Waals surface area contributed by atoms with Crippen molar-refractivity contribution in [2.75, 3.05) is 39.9 Å². The molecule has 1 fully saturated rings. The number of rotatable bonds is 8. The van der Waals surface area contributed by atoms with Crippen LogP contribution in [0.3, 0.4) is 0 Å². The Morgan fingerprint density at radius 1 is 1.17 bits per heavy atom. The van der Waals surface area contributed by atoms with Crippen molar-refractivity contribution >= 4 is 22.7 Å². The Morgan fingerprint density at radius 2 is 2.03 bits per heavy atom. The average molecular weight is 491 g/mol. The van der Waals surface area contributed by atoms with Crippen LogP contribution < -0.4 is 5.32 Å². The lowest BCUT2D eigenvalue weighted by atomic mass is 10.0. The van der Waals surface area contributed by atoms with E-state index < -0.39 is 0 Å². The molecule has 9 heteroatoms. The van der Waals surface area contributed by atoms with Gasteiger partial charge in [-0.15, -0.1) is 0 Å². The van der Waals surface area contributed by atoms with Crippen molar-refractivity contribution in [3.63, 3.8) is 0 Å². The van der Waals surface area contributed by atoms with Crippen molar-refractivity contribution in [2.45, 2.75) is 45.3 Å². The maximum Gasteiger partial charge on any atom is 0.272 e. The molecule has 5 rings (SSSR count). The number of pyridine rings is 1. The van der Waals surface area contributed by atoms with Gasteiger partial charge in [0, 0.05) is 49.3 Å². The predicted molar refractivity (Wildman–Crippen MR) is 137 cm³/mol. The van der Waals surface area contributed by atoms with Gasteiger partial charge in [0.05, 0.1) is 25.2 Å². The fraction of sp³-hybridized carbons (Fsp3) is 0.481. The quantitative estimate of drug-likeness (QED) is 0.522. The summed E-state index contributed by atoms with van der Waals surface area (Å²) in [5.74, 6) is -0.310. The van der Waals surface area contributed by atoms with E-state index in [4.69, 9.17) is 4.74 Å². The summed E-state index contributed by atoms with van der Waals surface area (Å²) >= 11 is 0. The van der Waals surface area contributed by atoms with Gasteiger partial charge < -0.3 is 15.0 Å². The average Bonchev–Trinajstić information content (AvgIpc) is 3.53. The molecule has 0 bridgehead atoms. The molecule has 2 aromatic heterocycles. The Labute approximate surface area is 211 Å². The highest BCUT2D eigenvalue weighted by Gasteiger charge is 2.31. The van der Waals surface area contributed by atoms with Gasteiger partial charge in [0.1, 0.15) is 5.69 Å². The zero-order valence-corrected chi connectivity index (χ0v) is 21.1. The van der Waals surface area contributed by atoms with Crippen LogP contribution in [-0.4, -0.2) is 82.3 Å². The van der Waals surface area contributed by atoms with E-state index in [1.54, 1.807) is 18.1 Å². The maximum atomic E-state index is 13.4. The number of likely N-dealkylation sites (N-methyl/N-ethyl adjacent to an activating group) is 1. The standard InChI is InChI=1S/C27H34N6O3/c1-3-31-13-6-8-20(31)17-28-26(34)25-21-18-32(14-12-24(21)33(30-25)15-16-36-2)27(35)23-11-10-19-7-4-5-9-22(19)29-23/h4-5,7,9-11,20H,3,6,8,12-18H2,1-2H3,(H,28,34). The lowest BCUT2D eigenvalue weighted by Crippen LogP contribution is -2.41. The van der Waals surface area contributed by atoms with Crippen molar-refractivity contribution in [2.24, 2.45) is 0 Å². The number of fused-ring (bicyclic) bond motifs is 2. The molecule has 9 nitrogen and oxygen atoms in total. The lowest BCUT2D eigenvalue weighted by molar-refractivity contribution is 0.0724. The maximum absolute atomic E-state index is 13.4. The first-order valence-electron chi connectivity index (χ1n) is 12.8. The first kappa shape index (κ1) is 24.4. The third kappa shape index (κ3) is 4.85. The second kappa shape index (κ2) is 10.8. The number of aromatic nitrogens is 3. The first-order valence-corrected chi connectivity index (χ1v) is 12.8. The van der Waals surface area contributed by atoms with Gasteiger partial charge in [-0.3, -0.25) is 19.2 Å². The van der Waals surface area contributed by atoms with Crippen LogP contribution in [0.15, 0.2) is 36.4 Å². The molecular weight excluding hydrogens is 456 g/mol. The molecule has 2 amide bonds. The molecule has 36 heavy (non-hydrogen) atoms. The van der Waals surface area contributed by atoms with Crippen molar-refractivity contribution < 1.29 is 14.3 Å². The summed E-state index contributed by atoms with van der Waals surface area (Å²) in [6, 6.07) is 11.8. The van der Waals surface area contributed by atoms with Gasteiger partial charge >= 0.3 is 0 Å². The third-order valence-electron chi connectivity index (χ3n) is 7.36. The Bertz CT molecular complexity index is 1260. The molecule has 2 aliphatic rings. The van der Waals surface area contributed by atoms with E-state index in [0.29, 0.717) is 56.6 Å². The number of amides is 2. The molecule has 0 spiro atoms. The Hall–Kier alpha value is -3.30. The zero-order chi connectivity index (χ0) is 25.1. The highest BCUT2D eigenvalue weighted by molar-refractivity contribution is 5.96. The highest BCUT2D eigenvalue weighted by Crippen LogP contribution is 2.25. The number of carbonyl (C=O) groups is 2. The Balaban J connectivity index is 1.36. The number of hydrogen-bond donors (Lipinski definition) is 1. The van der Waals surface area contributed by atoms with Crippen LogP contribution in [0.25, 0.3) is 10.9 Å². The molecule has 1 saturated heterocycles. The van der Waals surface area contributed by atoms with Crippen molar-refractivity contribution in [3.8, 4) is 0 Å². The number of likely N-dealkylation sites (tertiary alicyclic amines) is 1. The van der Waals surface area contributed by atoms with Crippen molar-refractivity contribution in [1.29, 1.82) is 0 Å². The minimum Gasteiger partial charge on any atom is -0.383 e. The molecule has 3 aromatic rings. The molecule has 1 aromatic carbocycles. The van der Waals surface area contributed by atoms with Gasteiger partial charge in [0.15, 0.2) is 5.69 Å². The monoisotopic (exact) mass is 490 g/mol. The summed E-state index contributed by atoms with van der Waals surface area (Å²) in [7, 11) is 1.65. The molecule has 2 aliphatic heterocycles. The van der Waals surface area contributed by atoms with Crippen molar-refractivity contribution in [1.82, 2.24) is 29.9 Å². The minimum absolute atomic E-state index is 0.132. The number of para-hydroxylation sites is 1. The van der Waals surface area contributed by atoms with E-state index in [-0.39, 0.29) is 11.8 Å². The van der Waals surface area contributed by atoms with Crippen LogP contribution >= 0.6 is 0 Å². The summed E-state index contributed by atoms with van der Waals surface area (Å²) in [5, 5.41) is 8.79. The van der Waals surface area contributed by atoms with E-state index >= 15 is 0 Å². The summed E-state index contributed by atoms with van der Waals surface area (Å²) in [6.45, 7) is 6.79. The number of hydrogen-bond acceptors (Lipinski definition) is 6. The SMILES string of the molecule is CCN1CCCC1CNC(=O)c1nn(CCOC)c2c1CN(C(=O)c1ccc3ccccc3n1)CC2. The molecule has 190 valence electrons. The second-order valence-electron chi connectivity index (χ2n) is 9.49. The van der Waals surface area contributed by atoms with Gasteiger partial charge in [-0.2, -0.15) is 5.10 Å². The van der Waals surface area contributed by atoms with E-state index in [9.17, 15) is 9.59 Å². The van der Waals surface area contributed by atoms with Crippen LogP contribution in [0.5, 0.6) is 0 Å². The molecule has 0 aliphatic carbocycles. The molecule has 0 saturated carbocycles. The third-order valence-corrected chi connectivity index (χ3v) is 7.36. The Morgan fingerprint density at radius 3 is 2.86 bits per heavy atom. The van der Waals surface area contributed by atoms with Gasteiger partial charge in [-0.05, 0) is 38.1 Å². The molecule has 1 N–H and O–H groups in total. The van der Waals surface area contributed by atoms with Crippen LogP contribution in [0.2, 0.25) is 0 Å². The summed E-state index contributed by atoms with van der Waals surface area (Å²) in [6.07, 6.45) is 2.88. The highest BCUT2D eigenvalue weighted by atomic mass is 16.5. The number of ether oxygens (including phenoxy) is 1. The lowest BCUT2D eigenvalue weighted by Gasteiger charge is -2.28. The second-order valence-corrected chi connectivity index (χ2v) is 9.49. The summed E-state index contributed by atoms with van der Waals surface area (Å²) in [5.41, 5.74) is 3.44. The van der Waals surface area contributed by atoms with Crippen LogP contribution in [0.1, 0.15) is 52.0 Å². The van der Waals surface area contributed by atoms with E-state index in [1.807, 2.05) is 35.0 Å². The Kier molecular flexibility index (Phi) is 7.29. The van der Waals surface area contributed by atoms with Crippen LogP contribution in [-0.2, 0) is 24.2 Å². The normalized spacial score (nSPS) is 17.9. The molecule has 1 unspecified atom stereocenters. The predicted octanol–water partition coefficient (Wildman–Crippen LogP) is 2.49. The summed E-state index contributed by atoms with van der Waals surface area (Å²) in [4.78, 5) is 35.5. The summed E-state index contributed by atoms with van der Waals surface area (Å²) < 4.78 is 7.13. The topological polar surface area (TPSA) is 92.6 Å². The number of methoxy groups -OCH3 is 1. The fourth-order valence-electron chi connectivity index (χ4n) is 5.39. The van der Waals surface area contributed by atoms with E-state index in [1.165, 1.54) is 0 Å². The number of benzene rings is 1. The largest absolute Gasteiger partial charge is 0.383 e. The minimum atomic E-state index is -0.177. The van der Waals surface area contributed by atoms with E-state index in [0.717, 1.165) is 48.1 Å². The number of nitrogens with one attached hydrogen (secondary N) is 1. The smallest absolute Gasteiger partial charge is 0.272 e. The van der Waals surface area contributed by atoms with Gasteiger partial charge in [-0.1, -0.05) is 31.2 Å². The number of carbonyl (C=O) groups excluding carboxylic acids is 2. The van der Waals surface area contributed by atoms with Gasteiger partial charge in [0.25, 0.3) is 11.8 Å². The zero-order valence-electron chi connectivity index (χ0n) is 21.1. The van der Waals surface area contributed by atoms with Crippen molar-refractivity contribution in [3.05, 3.63) is 59.0 Å². The molecule has 1 atom stereocenters. The van der Waals surface area contributed by atoms with Crippen LogP contribution in [0.4, 0.5) is 0 Å². The first-order chi connectivity index (χ1) is 17.6. The molecule has 0 radical (unpaired) electrons. The molecular formula is C27H34N6O3. The molecule has 4 heterocycles. The van der Waals surface area contributed by atoms with E-state index in [2.05, 4.69) is 27.2 Å². The van der Waals surface area contributed by atoms with Gasteiger partial charge in [-0.25, -0.2) is 4.98 Å². The number of nitrogens with zero attached hydrogens (tertiary/aromatic N) is 5.